The van der Waals surface area contributed by atoms with E-state index in [2.05, 4.69) is 70.5 Å². The first-order valence-electron chi connectivity index (χ1n) is 9.82. The number of benzene rings is 1. The molecule has 1 aromatic carbocycles. The number of nitrogens with one attached hydrogen (secondary N) is 2. The number of pyridine rings is 1. The summed E-state index contributed by atoms with van der Waals surface area (Å²) in [5.41, 5.74) is 3.95. The quantitative estimate of drug-likeness (QED) is 0.610. The SMILES string of the molecule is CCNC(=NCc1ccccn1)NCC(C)(C)N1CCc2ccccc2C1. The maximum atomic E-state index is 4.68. The molecule has 1 aliphatic heterocycles. The van der Waals surface area contributed by atoms with Crippen LogP contribution in [0.5, 0.6) is 0 Å². The fraction of sp³-hybridized carbons (Fsp3) is 0.455. The summed E-state index contributed by atoms with van der Waals surface area (Å²) in [6.45, 7) is 11.0. The van der Waals surface area contributed by atoms with Crippen LogP contribution in [0.15, 0.2) is 53.7 Å². The van der Waals surface area contributed by atoms with Crippen molar-refractivity contribution in [3.63, 3.8) is 0 Å². The first-order chi connectivity index (χ1) is 13.1. The van der Waals surface area contributed by atoms with Gasteiger partial charge in [-0.3, -0.25) is 9.88 Å². The van der Waals surface area contributed by atoms with Gasteiger partial charge in [-0.05, 0) is 50.5 Å². The largest absolute Gasteiger partial charge is 0.357 e. The Hall–Kier alpha value is -2.40. The number of hydrogen-bond donors (Lipinski definition) is 2. The molecule has 2 aromatic rings. The lowest BCUT2D eigenvalue weighted by Gasteiger charge is -2.42. The topological polar surface area (TPSA) is 52.6 Å². The van der Waals surface area contributed by atoms with E-state index in [9.17, 15) is 0 Å². The Bertz CT molecular complexity index is 754. The smallest absolute Gasteiger partial charge is 0.191 e. The molecule has 1 aromatic heterocycles. The van der Waals surface area contributed by atoms with Crippen LogP contribution >= 0.6 is 0 Å². The van der Waals surface area contributed by atoms with Crippen LogP contribution < -0.4 is 10.6 Å². The minimum atomic E-state index is 0.0364. The molecule has 2 N–H and O–H groups in total. The van der Waals surface area contributed by atoms with Gasteiger partial charge in [0.05, 0.1) is 12.2 Å². The van der Waals surface area contributed by atoms with Crippen molar-refractivity contribution < 1.29 is 0 Å². The van der Waals surface area contributed by atoms with E-state index in [-0.39, 0.29) is 5.54 Å². The molecule has 0 amide bonds. The first kappa shape index (κ1) is 19.4. The Kier molecular flexibility index (Phi) is 6.45. The highest BCUT2D eigenvalue weighted by atomic mass is 15.2. The molecule has 5 heteroatoms. The van der Waals surface area contributed by atoms with E-state index in [1.807, 2.05) is 24.4 Å². The summed E-state index contributed by atoms with van der Waals surface area (Å²) in [4.78, 5) is 11.6. The van der Waals surface area contributed by atoms with E-state index in [0.717, 1.165) is 44.3 Å². The lowest BCUT2D eigenvalue weighted by atomic mass is 9.94. The van der Waals surface area contributed by atoms with E-state index >= 15 is 0 Å². The van der Waals surface area contributed by atoms with Crippen molar-refractivity contribution in [3.8, 4) is 0 Å². The summed E-state index contributed by atoms with van der Waals surface area (Å²) in [7, 11) is 0. The van der Waals surface area contributed by atoms with Crippen molar-refractivity contribution in [2.45, 2.75) is 45.8 Å². The van der Waals surface area contributed by atoms with Gasteiger partial charge in [0.2, 0.25) is 0 Å². The average molecular weight is 366 g/mol. The third-order valence-corrected chi connectivity index (χ3v) is 5.14. The van der Waals surface area contributed by atoms with Gasteiger partial charge in [0, 0.05) is 37.9 Å². The highest BCUT2D eigenvalue weighted by Crippen LogP contribution is 2.24. The summed E-state index contributed by atoms with van der Waals surface area (Å²) in [5, 5.41) is 6.86. The van der Waals surface area contributed by atoms with Gasteiger partial charge in [0.1, 0.15) is 0 Å². The van der Waals surface area contributed by atoms with Crippen molar-refractivity contribution in [2.75, 3.05) is 19.6 Å². The van der Waals surface area contributed by atoms with Crippen LogP contribution in [0.2, 0.25) is 0 Å². The van der Waals surface area contributed by atoms with Crippen LogP contribution in [0.1, 0.15) is 37.6 Å². The first-order valence-corrected chi connectivity index (χ1v) is 9.82. The molecule has 1 aliphatic rings. The molecule has 0 saturated carbocycles. The van der Waals surface area contributed by atoms with Crippen molar-refractivity contribution in [2.24, 2.45) is 4.99 Å². The van der Waals surface area contributed by atoms with Gasteiger partial charge in [-0.15, -0.1) is 0 Å². The van der Waals surface area contributed by atoms with Gasteiger partial charge < -0.3 is 10.6 Å². The van der Waals surface area contributed by atoms with E-state index in [4.69, 9.17) is 0 Å². The number of guanidine groups is 1. The molecule has 144 valence electrons. The minimum Gasteiger partial charge on any atom is -0.357 e. The lowest BCUT2D eigenvalue weighted by Crippen LogP contribution is -2.54. The monoisotopic (exact) mass is 365 g/mol. The number of fused-ring (bicyclic) bond motifs is 1. The zero-order valence-corrected chi connectivity index (χ0v) is 16.7. The highest BCUT2D eigenvalue weighted by Gasteiger charge is 2.29. The van der Waals surface area contributed by atoms with Crippen LogP contribution in [0.3, 0.4) is 0 Å². The molecule has 27 heavy (non-hydrogen) atoms. The van der Waals surface area contributed by atoms with E-state index in [1.54, 1.807) is 0 Å². The van der Waals surface area contributed by atoms with Crippen LogP contribution in [0, 0.1) is 0 Å². The summed E-state index contributed by atoms with van der Waals surface area (Å²) in [5.74, 6) is 0.841. The summed E-state index contributed by atoms with van der Waals surface area (Å²) < 4.78 is 0. The van der Waals surface area contributed by atoms with Gasteiger partial charge in [0.15, 0.2) is 5.96 Å². The molecule has 0 bridgehead atoms. The zero-order chi connectivity index (χ0) is 19.1. The molecule has 0 radical (unpaired) electrons. The van der Waals surface area contributed by atoms with Gasteiger partial charge >= 0.3 is 0 Å². The van der Waals surface area contributed by atoms with Crippen LogP contribution in [-0.4, -0.2) is 41.0 Å². The standard InChI is InChI=1S/C22H31N5/c1-4-23-21(25-15-20-11-7-8-13-24-20)26-17-22(2,3)27-14-12-18-9-5-6-10-19(18)16-27/h5-11,13H,4,12,14-17H2,1-3H3,(H2,23,25,26). The van der Waals surface area contributed by atoms with Gasteiger partial charge in [-0.1, -0.05) is 30.3 Å². The Morgan fingerprint density at radius 2 is 1.89 bits per heavy atom. The maximum Gasteiger partial charge on any atom is 0.191 e. The summed E-state index contributed by atoms with van der Waals surface area (Å²) >= 11 is 0. The minimum absolute atomic E-state index is 0.0364. The lowest BCUT2D eigenvalue weighted by molar-refractivity contribution is 0.107. The molecule has 0 fully saturated rings. The molecule has 0 spiro atoms. The van der Waals surface area contributed by atoms with E-state index in [1.165, 1.54) is 11.1 Å². The van der Waals surface area contributed by atoms with Crippen LogP contribution in [0.25, 0.3) is 0 Å². The van der Waals surface area contributed by atoms with Crippen LogP contribution in [-0.2, 0) is 19.5 Å². The molecule has 2 heterocycles. The average Bonchev–Trinajstić information content (AvgIpc) is 2.70. The Morgan fingerprint density at radius 1 is 1.11 bits per heavy atom. The molecule has 0 aliphatic carbocycles. The van der Waals surface area contributed by atoms with Crippen molar-refractivity contribution in [1.82, 2.24) is 20.5 Å². The number of aromatic nitrogens is 1. The van der Waals surface area contributed by atoms with Gasteiger partial charge in [-0.2, -0.15) is 0 Å². The fourth-order valence-electron chi connectivity index (χ4n) is 3.42. The zero-order valence-electron chi connectivity index (χ0n) is 16.7. The highest BCUT2D eigenvalue weighted by molar-refractivity contribution is 5.79. The number of hydrogen-bond acceptors (Lipinski definition) is 3. The Labute approximate surface area is 162 Å². The van der Waals surface area contributed by atoms with E-state index in [0.29, 0.717) is 6.54 Å². The van der Waals surface area contributed by atoms with Crippen molar-refractivity contribution >= 4 is 5.96 Å². The maximum absolute atomic E-state index is 4.68. The van der Waals surface area contributed by atoms with Gasteiger partial charge in [-0.25, -0.2) is 4.99 Å². The second kappa shape index (κ2) is 9.00. The fourth-order valence-corrected chi connectivity index (χ4v) is 3.42. The second-order valence-electron chi connectivity index (χ2n) is 7.62. The normalized spacial score (nSPS) is 15.3. The molecule has 0 atom stereocenters. The molecule has 3 rings (SSSR count). The second-order valence-corrected chi connectivity index (χ2v) is 7.62. The number of aliphatic imine (C=N–C) groups is 1. The van der Waals surface area contributed by atoms with Crippen molar-refractivity contribution in [3.05, 3.63) is 65.5 Å². The third kappa shape index (κ3) is 5.30. The number of rotatable bonds is 6. The summed E-state index contributed by atoms with van der Waals surface area (Å²) in [6.07, 6.45) is 2.93. The third-order valence-electron chi connectivity index (χ3n) is 5.14. The van der Waals surface area contributed by atoms with Gasteiger partial charge in [0.25, 0.3) is 0 Å². The molecular weight excluding hydrogens is 334 g/mol. The Morgan fingerprint density at radius 3 is 2.63 bits per heavy atom. The summed E-state index contributed by atoms with van der Waals surface area (Å²) in [6, 6.07) is 14.7. The predicted molar refractivity (Wildman–Crippen MR) is 112 cm³/mol. The molecule has 5 nitrogen and oxygen atoms in total. The molecule has 0 unspecified atom stereocenters. The van der Waals surface area contributed by atoms with E-state index < -0.39 is 0 Å². The molecular formula is C22H31N5. The molecule has 0 saturated heterocycles. The van der Waals surface area contributed by atoms with Crippen LogP contribution in [0.4, 0.5) is 0 Å². The van der Waals surface area contributed by atoms with Crippen molar-refractivity contribution in [1.29, 1.82) is 0 Å². The predicted octanol–water partition coefficient (Wildman–Crippen LogP) is 2.97. The Balaban J connectivity index is 1.60. The number of nitrogens with zero attached hydrogens (tertiary/aromatic N) is 3.